The molecule has 10 nitrogen and oxygen atoms in total. The van der Waals surface area contributed by atoms with E-state index in [0.717, 1.165) is 32.9 Å². The fourth-order valence-corrected chi connectivity index (χ4v) is 7.22. The Morgan fingerprint density at radius 3 is 2.45 bits per heavy atom. The molecule has 1 aliphatic heterocycles. The average molecular weight is 685 g/mol. The Balaban J connectivity index is 1.33. The van der Waals surface area contributed by atoms with Crippen molar-refractivity contribution < 1.29 is 24.4 Å². The van der Waals surface area contributed by atoms with E-state index in [1.165, 1.54) is 30.0 Å². The second-order valence-electron chi connectivity index (χ2n) is 10.5. The number of amides is 1. The van der Waals surface area contributed by atoms with Gasteiger partial charge in [-0.2, -0.15) is 0 Å². The summed E-state index contributed by atoms with van der Waals surface area (Å²) in [4.78, 5) is 39.4. The van der Waals surface area contributed by atoms with Crippen molar-refractivity contribution in [3.05, 3.63) is 146 Å². The number of non-ortho nitro benzene ring substituents is 1. The van der Waals surface area contributed by atoms with Crippen LogP contribution in [0.25, 0.3) is 5.76 Å². The summed E-state index contributed by atoms with van der Waals surface area (Å²) in [5, 5.41) is 32.3. The maximum Gasteiger partial charge on any atom is 0.301 e. The number of anilines is 1. The number of aliphatic hydroxyl groups is 1. The molecule has 1 fully saturated rings. The number of nitro benzene ring substituents is 1. The molecular formula is C34H25ClN4O6S2. The predicted octanol–water partition coefficient (Wildman–Crippen LogP) is 7.91. The third kappa shape index (κ3) is 6.75. The second kappa shape index (κ2) is 13.8. The first-order valence-corrected chi connectivity index (χ1v) is 16.4. The Labute approximate surface area is 282 Å². The first kappa shape index (κ1) is 31.9. The summed E-state index contributed by atoms with van der Waals surface area (Å²) in [5.74, 6) is -1.31. The predicted molar refractivity (Wildman–Crippen MR) is 181 cm³/mol. The number of thioether (sulfide) groups is 1. The standard InChI is InChI=1S/C34H25ClN4O6S2/c1-20-7-2-3-8-23(20)18-45-26-15-13-21(14-16-26)30(40)28-29(22-10-6-11-25(17-22)39(43)44)38(32(42)31(28)41)33-36-37-34(47-33)46-19-24-9-4-5-12-27(24)35/h2-17,29,40H,18-19H2,1H3. The number of rotatable bonds is 10. The summed E-state index contributed by atoms with van der Waals surface area (Å²) >= 11 is 8.73. The molecule has 236 valence electrons. The van der Waals surface area contributed by atoms with Crippen LogP contribution in [0, 0.1) is 17.0 Å². The highest BCUT2D eigenvalue weighted by atomic mass is 35.5. The number of Topliss-reactive ketones (excluding diaryl/α,β-unsaturated/α-hetero) is 1. The Kier molecular flexibility index (Phi) is 9.34. The van der Waals surface area contributed by atoms with Gasteiger partial charge in [0.2, 0.25) is 5.13 Å². The van der Waals surface area contributed by atoms with Crippen molar-refractivity contribution in [2.75, 3.05) is 4.90 Å². The molecule has 2 heterocycles. The lowest BCUT2D eigenvalue weighted by Gasteiger charge is -2.22. The number of carbonyl (C=O) groups is 2. The van der Waals surface area contributed by atoms with Crippen LogP contribution in [0.15, 0.2) is 107 Å². The van der Waals surface area contributed by atoms with Crippen LogP contribution in [-0.4, -0.2) is 31.9 Å². The van der Waals surface area contributed by atoms with Crippen LogP contribution in [-0.2, 0) is 21.9 Å². The molecule has 0 radical (unpaired) electrons. The molecule has 0 bridgehead atoms. The quantitative estimate of drug-likeness (QED) is 0.0296. The van der Waals surface area contributed by atoms with E-state index < -0.39 is 28.4 Å². The smallest absolute Gasteiger partial charge is 0.301 e. The van der Waals surface area contributed by atoms with Gasteiger partial charge in [0, 0.05) is 28.5 Å². The monoisotopic (exact) mass is 684 g/mol. The van der Waals surface area contributed by atoms with E-state index in [1.807, 2.05) is 49.4 Å². The molecule has 1 aromatic heterocycles. The summed E-state index contributed by atoms with van der Waals surface area (Å²) in [6.45, 7) is 2.34. The van der Waals surface area contributed by atoms with E-state index in [-0.39, 0.29) is 27.5 Å². The number of nitrogens with zero attached hydrogens (tertiary/aromatic N) is 4. The van der Waals surface area contributed by atoms with Crippen molar-refractivity contribution in [1.29, 1.82) is 0 Å². The van der Waals surface area contributed by atoms with Crippen LogP contribution >= 0.6 is 34.7 Å². The molecule has 1 atom stereocenters. The Morgan fingerprint density at radius 1 is 1.00 bits per heavy atom. The van der Waals surface area contributed by atoms with Crippen molar-refractivity contribution in [2.24, 2.45) is 0 Å². The molecule has 1 unspecified atom stereocenters. The lowest BCUT2D eigenvalue weighted by Crippen LogP contribution is -2.29. The summed E-state index contributed by atoms with van der Waals surface area (Å²) < 4.78 is 6.43. The molecule has 0 saturated carbocycles. The second-order valence-corrected chi connectivity index (χ2v) is 13.1. The third-order valence-corrected chi connectivity index (χ3v) is 10.0. The van der Waals surface area contributed by atoms with Gasteiger partial charge in [-0.15, -0.1) is 10.2 Å². The summed E-state index contributed by atoms with van der Waals surface area (Å²) in [6.07, 6.45) is 0. The summed E-state index contributed by atoms with van der Waals surface area (Å²) in [6, 6.07) is 26.1. The molecule has 1 amide bonds. The molecule has 0 spiro atoms. The van der Waals surface area contributed by atoms with Gasteiger partial charge in [0.05, 0.1) is 16.5 Å². The molecule has 13 heteroatoms. The maximum absolute atomic E-state index is 13.6. The van der Waals surface area contributed by atoms with Gasteiger partial charge >= 0.3 is 5.91 Å². The Bertz CT molecular complexity index is 2030. The van der Waals surface area contributed by atoms with Crippen molar-refractivity contribution in [3.63, 3.8) is 0 Å². The van der Waals surface area contributed by atoms with Crippen LogP contribution in [0.2, 0.25) is 5.02 Å². The lowest BCUT2D eigenvalue weighted by molar-refractivity contribution is -0.384. The molecule has 1 N–H and O–H groups in total. The van der Waals surface area contributed by atoms with Crippen molar-refractivity contribution in [1.82, 2.24) is 10.2 Å². The fraction of sp³-hybridized carbons (Fsp3) is 0.118. The lowest BCUT2D eigenvalue weighted by atomic mass is 9.95. The molecule has 4 aromatic carbocycles. The minimum atomic E-state index is -1.21. The number of carbonyl (C=O) groups excluding carboxylic acids is 2. The number of ketones is 1. The number of halogens is 1. The number of aryl methyl sites for hydroxylation is 1. The molecule has 47 heavy (non-hydrogen) atoms. The number of aliphatic hydroxyl groups excluding tert-OH is 1. The molecule has 5 aromatic rings. The van der Waals surface area contributed by atoms with E-state index in [0.29, 0.717) is 27.5 Å². The van der Waals surface area contributed by atoms with Gasteiger partial charge in [-0.05, 0) is 59.5 Å². The number of nitro groups is 1. The van der Waals surface area contributed by atoms with Crippen LogP contribution in [0.1, 0.15) is 33.9 Å². The van der Waals surface area contributed by atoms with Gasteiger partial charge in [0.15, 0.2) is 4.34 Å². The normalized spacial score (nSPS) is 15.6. The Hall–Kier alpha value is -5.04. The van der Waals surface area contributed by atoms with Gasteiger partial charge in [-0.3, -0.25) is 24.6 Å². The zero-order chi connectivity index (χ0) is 33.1. The minimum Gasteiger partial charge on any atom is -0.507 e. The van der Waals surface area contributed by atoms with E-state index >= 15 is 0 Å². The minimum absolute atomic E-state index is 0.101. The van der Waals surface area contributed by atoms with E-state index in [9.17, 15) is 24.8 Å². The van der Waals surface area contributed by atoms with Crippen molar-refractivity contribution in [2.45, 2.75) is 29.7 Å². The number of hydrogen-bond donors (Lipinski definition) is 1. The van der Waals surface area contributed by atoms with Crippen molar-refractivity contribution >= 4 is 63.0 Å². The first-order valence-electron chi connectivity index (χ1n) is 14.2. The summed E-state index contributed by atoms with van der Waals surface area (Å²) in [7, 11) is 0. The zero-order valence-corrected chi connectivity index (χ0v) is 27.1. The van der Waals surface area contributed by atoms with Crippen LogP contribution in [0.3, 0.4) is 0 Å². The molecule has 1 saturated heterocycles. The zero-order valence-electron chi connectivity index (χ0n) is 24.7. The topological polar surface area (TPSA) is 136 Å². The van der Waals surface area contributed by atoms with Crippen LogP contribution in [0.5, 0.6) is 5.75 Å². The SMILES string of the molecule is Cc1ccccc1COc1ccc(C(O)=C2C(=O)C(=O)N(c3nnc(SCc4ccccc4Cl)s3)C2c2cccc([N+](=O)[O-])c2)cc1. The van der Waals surface area contributed by atoms with Crippen LogP contribution < -0.4 is 9.64 Å². The fourth-order valence-electron chi connectivity index (χ4n) is 5.06. The third-order valence-electron chi connectivity index (χ3n) is 7.54. The molecule has 1 aliphatic rings. The number of aromatic nitrogens is 2. The summed E-state index contributed by atoms with van der Waals surface area (Å²) in [5.41, 5.74) is 3.04. The van der Waals surface area contributed by atoms with Gasteiger partial charge in [0.25, 0.3) is 11.5 Å². The number of benzene rings is 4. The van der Waals surface area contributed by atoms with E-state index in [2.05, 4.69) is 10.2 Å². The van der Waals surface area contributed by atoms with Gasteiger partial charge in [-0.25, -0.2) is 0 Å². The van der Waals surface area contributed by atoms with Gasteiger partial charge in [-0.1, -0.05) is 89.3 Å². The molecular weight excluding hydrogens is 660 g/mol. The maximum atomic E-state index is 13.6. The van der Waals surface area contributed by atoms with Crippen LogP contribution in [0.4, 0.5) is 10.8 Å². The largest absolute Gasteiger partial charge is 0.507 e. The molecule has 0 aliphatic carbocycles. The molecule has 6 rings (SSSR count). The average Bonchev–Trinajstić information content (AvgIpc) is 3.65. The van der Waals surface area contributed by atoms with Crippen molar-refractivity contribution in [3.8, 4) is 5.75 Å². The number of ether oxygens (including phenoxy) is 1. The van der Waals surface area contributed by atoms with Gasteiger partial charge in [0.1, 0.15) is 18.1 Å². The number of hydrogen-bond acceptors (Lipinski definition) is 10. The highest BCUT2D eigenvalue weighted by Crippen LogP contribution is 2.44. The highest BCUT2D eigenvalue weighted by molar-refractivity contribution is 8.00. The van der Waals surface area contributed by atoms with Gasteiger partial charge < -0.3 is 9.84 Å². The van der Waals surface area contributed by atoms with E-state index in [1.54, 1.807) is 36.4 Å². The van der Waals surface area contributed by atoms with E-state index in [4.69, 9.17) is 16.3 Å². The Morgan fingerprint density at radius 2 is 1.72 bits per heavy atom. The first-order chi connectivity index (χ1) is 22.7. The highest BCUT2D eigenvalue weighted by Gasteiger charge is 2.48.